The van der Waals surface area contributed by atoms with Crippen LogP contribution in [-0.4, -0.2) is 16.6 Å². The quantitative estimate of drug-likeness (QED) is 0.766. The number of ether oxygens (including phenoxy) is 1. The van der Waals surface area contributed by atoms with Crippen LogP contribution in [0.4, 0.5) is 0 Å². The fraction of sp³-hybridized carbons (Fsp3) is 0.750. The van der Waals surface area contributed by atoms with E-state index in [4.69, 9.17) is 21.3 Å². The summed E-state index contributed by atoms with van der Waals surface area (Å²) in [4.78, 5) is 9.31. The van der Waals surface area contributed by atoms with Crippen LogP contribution in [0.25, 0.3) is 0 Å². The Hall–Kier alpha value is -0.670. The molecule has 1 aliphatic carbocycles. The van der Waals surface area contributed by atoms with E-state index in [2.05, 4.69) is 11.9 Å². The van der Waals surface area contributed by atoms with Crippen molar-refractivity contribution < 1.29 is 4.74 Å². The standard InChI is InChI=1S/C16H25ClN2O/c1-5-20-16(8-6-7-11(2)9-16)15-18-10-14(12(3)17)13(4)19-15/h10-12H,5-9H2,1-4H3. The van der Waals surface area contributed by atoms with Crippen molar-refractivity contribution in [3.8, 4) is 0 Å². The SMILES string of the molecule is CCOC1(c2ncc(C(C)Cl)c(C)n2)CCCC(C)C1. The lowest BCUT2D eigenvalue weighted by molar-refractivity contribution is -0.0882. The monoisotopic (exact) mass is 296 g/mol. The van der Waals surface area contributed by atoms with Crippen LogP contribution in [-0.2, 0) is 10.3 Å². The van der Waals surface area contributed by atoms with Crippen molar-refractivity contribution in [1.29, 1.82) is 0 Å². The lowest BCUT2D eigenvalue weighted by Gasteiger charge is -2.38. The van der Waals surface area contributed by atoms with Crippen molar-refractivity contribution in [2.24, 2.45) is 5.92 Å². The Morgan fingerprint density at radius 2 is 2.30 bits per heavy atom. The number of hydrogen-bond acceptors (Lipinski definition) is 3. The molecule has 0 radical (unpaired) electrons. The minimum atomic E-state index is -0.300. The highest BCUT2D eigenvalue weighted by molar-refractivity contribution is 6.20. The van der Waals surface area contributed by atoms with E-state index in [9.17, 15) is 0 Å². The predicted octanol–water partition coefficient (Wildman–Crippen LogP) is 4.53. The molecular weight excluding hydrogens is 272 g/mol. The molecule has 1 aliphatic rings. The molecule has 3 atom stereocenters. The Morgan fingerprint density at radius 3 is 2.85 bits per heavy atom. The molecule has 0 N–H and O–H groups in total. The van der Waals surface area contributed by atoms with Gasteiger partial charge < -0.3 is 4.74 Å². The number of halogens is 1. The molecule has 0 bridgehead atoms. The highest BCUT2D eigenvalue weighted by atomic mass is 35.5. The molecule has 0 aromatic carbocycles. The zero-order valence-corrected chi connectivity index (χ0v) is 13.7. The number of hydrogen-bond donors (Lipinski definition) is 0. The zero-order valence-electron chi connectivity index (χ0n) is 12.9. The van der Waals surface area contributed by atoms with E-state index in [1.54, 1.807) is 0 Å². The molecule has 0 amide bonds. The zero-order chi connectivity index (χ0) is 14.8. The van der Waals surface area contributed by atoms with Crippen LogP contribution in [0.3, 0.4) is 0 Å². The van der Waals surface area contributed by atoms with Gasteiger partial charge in [-0.1, -0.05) is 13.3 Å². The van der Waals surface area contributed by atoms with Gasteiger partial charge in [-0.3, -0.25) is 0 Å². The molecule has 1 aromatic rings. The van der Waals surface area contributed by atoms with Crippen molar-refractivity contribution >= 4 is 11.6 Å². The van der Waals surface area contributed by atoms with Gasteiger partial charge in [0.15, 0.2) is 5.82 Å². The van der Waals surface area contributed by atoms with Gasteiger partial charge in [-0.05, 0) is 46.0 Å². The number of nitrogens with zero attached hydrogens (tertiary/aromatic N) is 2. The van der Waals surface area contributed by atoms with Crippen LogP contribution < -0.4 is 0 Å². The summed E-state index contributed by atoms with van der Waals surface area (Å²) in [5, 5.41) is -0.0580. The lowest BCUT2D eigenvalue weighted by atomic mass is 9.78. The van der Waals surface area contributed by atoms with Crippen molar-refractivity contribution in [2.45, 2.75) is 64.4 Å². The average molecular weight is 297 g/mol. The van der Waals surface area contributed by atoms with Gasteiger partial charge in [0.05, 0.1) is 5.38 Å². The number of rotatable bonds is 4. The van der Waals surface area contributed by atoms with Crippen molar-refractivity contribution in [1.82, 2.24) is 9.97 Å². The second-order valence-corrected chi connectivity index (χ2v) is 6.63. The summed E-state index contributed by atoms with van der Waals surface area (Å²) in [6.45, 7) is 8.99. The Kier molecular flexibility index (Phi) is 5.03. The maximum Gasteiger partial charge on any atom is 0.160 e. The van der Waals surface area contributed by atoms with E-state index in [1.165, 1.54) is 12.8 Å². The van der Waals surface area contributed by atoms with E-state index in [1.807, 2.05) is 27.0 Å². The Bertz CT molecular complexity index is 460. The fourth-order valence-corrected chi connectivity index (χ4v) is 3.48. The largest absolute Gasteiger partial charge is 0.367 e. The summed E-state index contributed by atoms with van der Waals surface area (Å²) < 4.78 is 6.12. The van der Waals surface area contributed by atoms with Crippen LogP contribution in [0.1, 0.15) is 68.9 Å². The molecule has 2 rings (SSSR count). The third kappa shape index (κ3) is 3.15. The molecule has 1 fully saturated rings. The molecule has 0 saturated heterocycles. The highest BCUT2D eigenvalue weighted by Gasteiger charge is 2.40. The minimum absolute atomic E-state index is 0.0580. The van der Waals surface area contributed by atoms with Gasteiger partial charge in [0, 0.05) is 24.1 Å². The van der Waals surface area contributed by atoms with Gasteiger partial charge in [-0.2, -0.15) is 0 Å². The molecule has 20 heavy (non-hydrogen) atoms. The molecule has 1 saturated carbocycles. The van der Waals surface area contributed by atoms with E-state index < -0.39 is 0 Å². The predicted molar refractivity (Wildman–Crippen MR) is 82.0 cm³/mol. The summed E-state index contributed by atoms with van der Waals surface area (Å²) in [6, 6.07) is 0. The first-order valence-electron chi connectivity index (χ1n) is 7.60. The topological polar surface area (TPSA) is 35.0 Å². The lowest BCUT2D eigenvalue weighted by Crippen LogP contribution is -2.37. The van der Waals surface area contributed by atoms with E-state index in [0.717, 1.165) is 29.9 Å². The van der Waals surface area contributed by atoms with Gasteiger partial charge in [-0.15, -0.1) is 11.6 Å². The molecule has 1 aromatic heterocycles. The summed E-state index contributed by atoms with van der Waals surface area (Å²) in [7, 11) is 0. The molecule has 112 valence electrons. The first-order chi connectivity index (χ1) is 9.48. The number of aryl methyl sites for hydroxylation is 1. The van der Waals surface area contributed by atoms with Gasteiger partial charge in [0.25, 0.3) is 0 Å². The molecule has 1 heterocycles. The van der Waals surface area contributed by atoms with Crippen LogP contribution in [0.5, 0.6) is 0 Å². The Morgan fingerprint density at radius 1 is 1.55 bits per heavy atom. The van der Waals surface area contributed by atoms with Gasteiger partial charge in [0.1, 0.15) is 5.60 Å². The van der Waals surface area contributed by atoms with Gasteiger partial charge in [-0.25, -0.2) is 9.97 Å². The molecular formula is C16H25ClN2O. The number of aromatic nitrogens is 2. The first kappa shape index (κ1) is 15.7. The maximum absolute atomic E-state index is 6.15. The van der Waals surface area contributed by atoms with Crippen molar-refractivity contribution in [3.05, 3.63) is 23.3 Å². The molecule has 3 unspecified atom stereocenters. The smallest absolute Gasteiger partial charge is 0.160 e. The summed E-state index contributed by atoms with van der Waals surface area (Å²) in [5.41, 5.74) is 1.67. The second kappa shape index (κ2) is 6.40. The summed E-state index contributed by atoms with van der Waals surface area (Å²) >= 11 is 6.15. The van der Waals surface area contributed by atoms with Gasteiger partial charge >= 0.3 is 0 Å². The van der Waals surface area contributed by atoms with Crippen molar-refractivity contribution in [2.75, 3.05) is 6.61 Å². The van der Waals surface area contributed by atoms with E-state index >= 15 is 0 Å². The number of alkyl halides is 1. The molecule has 0 spiro atoms. The van der Waals surface area contributed by atoms with Gasteiger partial charge in [0.2, 0.25) is 0 Å². The minimum Gasteiger partial charge on any atom is -0.367 e. The first-order valence-corrected chi connectivity index (χ1v) is 8.04. The second-order valence-electron chi connectivity index (χ2n) is 5.98. The van der Waals surface area contributed by atoms with Crippen LogP contribution >= 0.6 is 11.6 Å². The van der Waals surface area contributed by atoms with Crippen LogP contribution in [0.15, 0.2) is 6.20 Å². The third-order valence-corrected chi connectivity index (χ3v) is 4.46. The average Bonchev–Trinajstić information content (AvgIpc) is 2.38. The van der Waals surface area contributed by atoms with Crippen LogP contribution in [0, 0.1) is 12.8 Å². The Labute approximate surface area is 127 Å². The summed E-state index contributed by atoms with van der Waals surface area (Å²) in [5.74, 6) is 1.50. The van der Waals surface area contributed by atoms with Crippen molar-refractivity contribution in [3.63, 3.8) is 0 Å². The molecule has 3 nitrogen and oxygen atoms in total. The molecule has 0 aliphatic heterocycles. The normalized spacial score (nSPS) is 28.4. The summed E-state index contributed by atoms with van der Waals surface area (Å²) in [6.07, 6.45) is 6.34. The van der Waals surface area contributed by atoms with E-state index in [-0.39, 0.29) is 11.0 Å². The molecule has 4 heteroatoms. The highest BCUT2D eigenvalue weighted by Crippen LogP contribution is 2.41. The van der Waals surface area contributed by atoms with E-state index in [0.29, 0.717) is 12.5 Å². The fourth-order valence-electron chi connectivity index (χ4n) is 3.26. The van der Waals surface area contributed by atoms with Crippen LogP contribution in [0.2, 0.25) is 0 Å². The maximum atomic E-state index is 6.15. The Balaban J connectivity index is 2.36. The third-order valence-electron chi connectivity index (χ3n) is 4.23.